The van der Waals surface area contributed by atoms with Gasteiger partial charge in [0.25, 0.3) is 0 Å². The Balaban J connectivity index is 2.04. The molecule has 0 N–H and O–H groups in total. The fraction of sp³-hybridized carbons (Fsp3) is 0.550. The van der Waals surface area contributed by atoms with E-state index >= 15 is 0 Å². The Labute approximate surface area is 152 Å². The molecule has 140 valence electrons. The average molecular weight is 360 g/mol. The van der Waals surface area contributed by atoms with Crippen LogP contribution < -0.4 is 0 Å². The van der Waals surface area contributed by atoms with E-state index in [1.807, 2.05) is 6.92 Å². The zero-order chi connectivity index (χ0) is 19.2. The van der Waals surface area contributed by atoms with Crippen molar-refractivity contribution in [2.24, 2.45) is 11.8 Å². The number of hydrogen-bond acceptors (Lipinski definition) is 6. The lowest BCUT2D eigenvalue weighted by Crippen LogP contribution is -2.44. The second-order valence-electron chi connectivity index (χ2n) is 7.44. The van der Waals surface area contributed by atoms with Crippen LogP contribution in [-0.2, 0) is 28.6 Å². The normalized spacial score (nSPS) is 36.7. The summed E-state index contributed by atoms with van der Waals surface area (Å²) in [7, 11) is 0. The number of carbonyl (C=O) groups excluding carboxylic acids is 3. The molecule has 0 aromatic heterocycles. The Hall–Kier alpha value is -2.37. The summed E-state index contributed by atoms with van der Waals surface area (Å²) in [5, 5.41) is 0. The number of ether oxygens (including phenoxy) is 3. The SMILES string of the molecule is CC=C(C)C(=O)OC1CC2(C)OC(=CC2=O)C(C)=CC2OC(=O)C(C)C21. The van der Waals surface area contributed by atoms with E-state index < -0.39 is 29.7 Å². The monoisotopic (exact) mass is 360 g/mol. The zero-order valence-electron chi connectivity index (χ0n) is 15.7. The van der Waals surface area contributed by atoms with Gasteiger partial charge in [0.05, 0.1) is 11.8 Å². The molecule has 3 aliphatic heterocycles. The van der Waals surface area contributed by atoms with Crippen molar-refractivity contribution < 1.29 is 28.6 Å². The molecule has 6 heteroatoms. The second kappa shape index (κ2) is 6.41. The summed E-state index contributed by atoms with van der Waals surface area (Å²) >= 11 is 0. The fourth-order valence-corrected chi connectivity index (χ4v) is 3.69. The van der Waals surface area contributed by atoms with Gasteiger partial charge in [0.1, 0.15) is 18.0 Å². The summed E-state index contributed by atoms with van der Waals surface area (Å²) in [6.07, 6.45) is 3.86. The van der Waals surface area contributed by atoms with Crippen molar-refractivity contribution in [3.63, 3.8) is 0 Å². The molecule has 0 aromatic rings. The Morgan fingerprint density at radius 2 is 2.08 bits per heavy atom. The first-order valence-electron chi connectivity index (χ1n) is 8.84. The van der Waals surface area contributed by atoms with E-state index in [2.05, 4.69) is 0 Å². The number of ketones is 1. The maximum Gasteiger partial charge on any atom is 0.333 e. The van der Waals surface area contributed by atoms with E-state index in [0.29, 0.717) is 11.3 Å². The summed E-state index contributed by atoms with van der Waals surface area (Å²) in [6, 6.07) is 0. The maximum atomic E-state index is 12.5. The molecule has 3 aliphatic rings. The topological polar surface area (TPSA) is 78.9 Å². The molecule has 5 unspecified atom stereocenters. The maximum absolute atomic E-state index is 12.5. The van der Waals surface area contributed by atoms with Crippen LogP contribution in [0, 0.1) is 11.8 Å². The molecule has 1 fully saturated rings. The van der Waals surface area contributed by atoms with Crippen molar-refractivity contribution >= 4 is 17.7 Å². The van der Waals surface area contributed by atoms with Gasteiger partial charge in [0, 0.05) is 18.1 Å². The van der Waals surface area contributed by atoms with Gasteiger partial charge in [-0.25, -0.2) is 4.79 Å². The van der Waals surface area contributed by atoms with E-state index in [1.54, 1.807) is 39.8 Å². The fourth-order valence-electron chi connectivity index (χ4n) is 3.69. The summed E-state index contributed by atoms with van der Waals surface area (Å²) < 4.78 is 17.2. The second-order valence-corrected chi connectivity index (χ2v) is 7.44. The predicted octanol–water partition coefficient (Wildman–Crippen LogP) is 2.63. The van der Waals surface area contributed by atoms with E-state index in [9.17, 15) is 14.4 Å². The average Bonchev–Trinajstić information content (AvgIpc) is 3.03. The van der Waals surface area contributed by atoms with E-state index in [4.69, 9.17) is 14.2 Å². The highest BCUT2D eigenvalue weighted by Crippen LogP contribution is 2.42. The molecule has 0 spiro atoms. The van der Waals surface area contributed by atoms with Crippen LogP contribution in [-0.4, -0.2) is 35.5 Å². The van der Waals surface area contributed by atoms with Crippen molar-refractivity contribution in [3.05, 3.63) is 35.1 Å². The number of allylic oxidation sites excluding steroid dienone is 2. The van der Waals surface area contributed by atoms with Crippen LogP contribution in [0.2, 0.25) is 0 Å². The van der Waals surface area contributed by atoms with Crippen molar-refractivity contribution in [2.75, 3.05) is 0 Å². The van der Waals surface area contributed by atoms with Crippen LogP contribution >= 0.6 is 0 Å². The van der Waals surface area contributed by atoms with Crippen molar-refractivity contribution in [3.8, 4) is 0 Å². The Kier molecular flexibility index (Phi) is 4.54. The van der Waals surface area contributed by atoms with Gasteiger partial charge >= 0.3 is 11.9 Å². The Morgan fingerprint density at radius 3 is 2.73 bits per heavy atom. The van der Waals surface area contributed by atoms with Crippen molar-refractivity contribution in [2.45, 2.75) is 58.8 Å². The number of rotatable bonds is 2. The third-order valence-corrected chi connectivity index (χ3v) is 5.54. The lowest BCUT2D eigenvalue weighted by atomic mass is 9.80. The lowest BCUT2D eigenvalue weighted by molar-refractivity contribution is -0.155. The third kappa shape index (κ3) is 2.97. The largest absolute Gasteiger partial charge is 0.479 e. The Bertz CT molecular complexity index is 758. The Morgan fingerprint density at radius 1 is 1.38 bits per heavy atom. The van der Waals surface area contributed by atoms with Gasteiger partial charge in [-0.2, -0.15) is 0 Å². The minimum atomic E-state index is -1.13. The van der Waals surface area contributed by atoms with Gasteiger partial charge in [-0.3, -0.25) is 9.59 Å². The van der Waals surface area contributed by atoms with E-state index in [1.165, 1.54) is 6.08 Å². The molecule has 26 heavy (non-hydrogen) atoms. The van der Waals surface area contributed by atoms with Gasteiger partial charge in [-0.15, -0.1) is 0 Å². The standard InChI is InChI=1S/C20H24O6/c1-6-10(2)18(22)25-15-9-20(5)16(21)8-13(26-20)11(3)7-14-17(15)12(4)19(23)24-14/h6-8,12,14-15,17H,9H2,1-5H3. The first kappa shape index (κ1) is 18.4. The number of fused-ring (bicyclic) bond motifs is 3. The van der Waals surface area contributed by atoms with Gasteiger partial charge in [0.2, 0.25) is 5.78 Å². The highest BCUT2D eigenvalue weighted by molar-refractivity contribution is 6.00. The smallest absolute Gasteiger partial charge is 0.333 e. The summed E-state index contributed by atoms with van der Waals surface area (Å²) in [4.78, 5) is 37.1. The molecule has 3 rings (SSSR count). The minimum absolute atomic E-state index is 0.165. The molecule has 6 nitrogen and oxygen atoms in total. The van der Waals surface area contributed by atoms with Crippen LogP contribution in [0.4, 0.5) is 0 Å². The zero-order valence-corrected chi connectivity index (χ0v) is 15.7. The highest BCUT2D eigenvalue weighted by atomic mass is 16.6. The molecule has 2 bridgehead atoms. The lowest BCUT2D eigenvalue weighted by Gasteiger charge is -2.32. The molecule has 0 amide bonds. The molecule has 3 heterocycles. The number of hydrogen-bond donors (Lipinski definition) is 0. The van der Waals surface area contributed by atoms with Crippen LogP contribution in [0.1, 0.15) is 41.0 Å². The third-order valence-electron chi connectivity index (χ3n) is 5.54. The van der Waals surface area contributed by atoms with Gasteiger partial charge in [-0.1, -0.05) is 13.0 Å². The van der Waals surface area contributed by atoms with Crippen molar-refractivity contribution in [1.29, 1.82) is 0 Å². The summed E-state index contributed by atoms with van der Waals surface area (Å²) in [5.41, 5.74) is 0.0729. The van der Waals surface area contributed by atoms with Gasteiger partial charge in [0.15, 0.2) is 5.60 Å². The predicted molar refractivity (Wildman–Crippen MR) is 92.8 cm³/mol. The molecule has 0 aromatic carbocycles. The first-order chi connectivity index (χ1) is 12.2. The highest BCUT2D eigenvalue weighted by Gasteiger charge is 2.53. The number of carbonyl (C=O) groups is 3. The van der Waals surface area contributed by atoms with Crippen molar-refractivity contribution in [1.82, 2.24) is 0 Å². The summed E-state index contributed by atoms with van der Waals surface area (Å²) in [5.74, 6) is -1.31. The molecule has 0 saturated carbocycles. The minimum Gasteiger partial charge on any atom is -0.479 e. The molecule has 5 atom stereocenters. The first-order valence-corrected chi connectivity index (χ1v) is 8.84. The number of esters is 2. The molecule has 1 saturated heterocycles. The van der Waals surface area contributed by atoms with Crippen LogP contribution in [0.15, 0.2) is 35.1 Å². The van der Waals surface area contributed by atoms with E-state index in [-0.39, 0.29) is 24.1 Å². The van der Waals surface area contributed by atoms with E-state index in [0.717, 1.165) is 5.57 Å². The molecule has 0 radical (unpaired) electrons. The molecular weight excluding hydrogens is 336 g/mol. The van der Waals surface area contributed by atoms with Gasteiger partial charge in [-0.05, 0) is 39.3 Å². The molecular formula is C20H24O6. The summed E-state index contributed by atoms with van der Waals surface area (Å²) in [6.45, 7) is 8.69. The van der Waals surface area contributed by atoms with Gasteiger partial charge < -0.3 is 14.2 Å². The van der Waals surface area contributed by atoms with Crippen LogP contribution in [0.25, 0.3) is 0 Å². The molecule has 0 aliphatic carbocycles. The van der Waals surface area contributed by atoms with Crippen LogP contribution in [0.3, 0.4) is 0 Å². The van der Waals surface area contributed by atoms with Crippen LogP contribution in [0.5, 0.6) is 0 Å². The quantitative estimate of drug-likeness (QED) is 0.556.